The molecule has 1 fully saturated rings. The Morgan fingerprint density at radius 3 is 2.33 bits per heavy atom. The molecule has 0 spiro atoms. The number of rotatable bonds is 2. The first-order chi connectivity index (χ1) is 5.57. The van der Waals surface area contributed by atoms with Gasteiger partial charge in [0.05, 0.1) is 5.92 Å². The summed E-state index contributed by atoms with van der Waals surface area (Å²) in [7, 11) is 0. The minimum absolute atomic E-state index is 0.0652. The fraction of sp³-hybridized carbons (Fsp3) is 0.900. The Hall–Kier alpha value is -0.530. The van der Waals surface area contributed by atoms with Crippen LogP contribution in [0.15, 0.2) is 0 Å². The molecule has 0 aliphatic heterocycles. The summed E-state index contributed by atoms with van der Waals surface area (Å²) >= 11 is 0. The largest absolute Gasteiger partial charge is 0.481 e. The van der Waals surface area contributed by atoms with E-state index >= 15 is 0 Å². The van der Waals surface area contributed by atoms with Crippen LogP contribution >= 0.6 is 0 Å². The first-order valence-electron chi connectivity index (χ1n) is 4.80. The Kier molecular flexibility index (Phi) is 2.76. The second-order valence-electron chi connectivity index (χ2n) is 4.28. The molecule has 0 atom stereocenters. The summed E-state index contributed by atoms with van der Waals surface area (Å²) in [5.41, 5.74) is 0.423. The summed E-state index contributed by atoms with van der Waals surface area (Å²) in [6, 6.07) is 0. The molecule has 1 N–H and O–H groups in total. The van der Waals surface area contributed by atoms with Crippen LogP contribution in [0, 0.1) is 11.3 Å². The van der Waals surface area contributed by atoms with Crippen LogP contribution in [0.4, 0.5) is 0 Å². The predicted octanol–water partition coefficient (Wildman–Crippen LogP) is 2.68. The van der Waals surface area contributed by atoms with Crippen LogP contribution in [-0.4, -0.2) is 11.1 Å². The van der Waals surface area contributed by atoms with Gasteiger partial charge in [-0.05, 0) is 31.1 Å². The molecule has 0 saturated heterocycles. The molecule has 0 bridgehead atoms. The second kappa shape index (κ2) is 3.46. The first kappa shape index (κ1) is 9.56. The van der Waals surface area contributed by atoms with E-state index < -0.39 is 5.97 Å². The van der Waals surface area contributed by atoms with Crippen LogP contribution in [0.2, 0.25) is 0 Å². The quantitative estimate of drug-likeness (QED) is 0.691. The van der Waals surface area contributed by atoms with Crippen molar-refractivity contribution in [3.8, 4) is 0 Å². The van der Waals surface area contributed by atoms with Gasteiger partial charge in [0.25, 0.3) is 0 Å². The van der Waals surface area contributed by atoms with E-state index in [2.05, 4.69) is 13.8 Å². The van der Waals surface area contributed by atoms with Gasteiger partial charge in [-0.15, -0.1) is 0 Å². The fourth-order valence-corrected chi connectivity index (χ4v) is 1.92. The Bertz CT molecular complexity index is 167. The number of hydrogen-bond donors (Lipinski definition) is 1. The summed E-state index contributed by atoms with van der Waals surface area (Å²) in [4.78, 5) is 10.7. The fourth-order valence-electron chi connectivity index (χ4n) is 1.92. The molecule has 1 saturated carbocycles. The highest BCUT2D eigenvalue weighted by Gasteiger charge is 2.32. The van der Waals surface area contributed by atoms with Gasteiger partial charge >= 0.3 is 5.97 Å². The van der Waals surface area contributed by atoms with Crippen molar-refractivity contribution in [2.75, 3.05) is 0 Å². The monoisotopic (exact) mass is 170 g/mol. The zero-order valence-corrected chi connectivity index (χ0v) is 7.97. The number of carbonyl (C=O) groups is 1. The highest BCUT2D eigenvalue weighted by atomic mass is 16.4. The molecule has 2 heteroatoms. The van der Waals surface area contributed by atoms with E-state index in [1.165, 1.54) is 6.42 Å². The summed E-state index contributed by atoms with van der Waals surface area (Å²) < 4.78 is 0. The topological polar surface area (TPSA) is 37.3 Å². The van der Waals surface area contributed by atoms with Gasteiger partial charge in [0, 0.05) is 0 Å². The number of carboxylic acid groups (broad SMARTS) is 1. The van der Waals surface area contributed by atoms with Crippen molar-refractivity contribution < 1.29 is 9.90 Å². The standard InChI is InChI=1S/C10H18O2/c1-3-10(2)6-4-8(5-7-10)9(11)12/h8H,3-7H2,1-2H3,(H,11,12). The lowest BCUT2D eigenvalue weighted by Gasteiger charge is -2.35. The molecular formula is C10H18O2. The maximum absolute atomic E-state index is 10.7. The van der Waals surface area contributed by atoms with Crippen molar-refractivity contribution in [2.24, 2.45) is 11.3 Å². The lowest BCUT2D eigenvalue weighted by Crippen LogP contribution is -2.27. The van der Waals surface area contributed by atoms with Gasteiger partial charge in [-0.3, -0.25) is 4.79 Å². The van der Waals surface area contributed by atoms with Crippen molar-refractivity contribution in [3.05, 3.63) is 0 Å². The molecule has 0 aromatic heterocycles. The van der Waals surface area contributed by atoms with E-state index in [-0.39, 0.29) is 5.92 Å². The van der Waals surface area contributed by atoms with Crippen molar-refractivity contribution in [2.45, 2.75) is 46.0 Å². The SMILES string of the molecule is CCC1(C)CCC(C(=O)O)CC1. The van der Waals surface area contributed by atoms with Gasteiger partial charge in [0.1, 0.15) is 0 Å². The van der Waals surface area contributed by atoms with E-state index in [0.29, 0.717) is 5.41 Å². The summed E-state index contributed by atoms with van der Waals surface area (Å²) in [5.74, 6) is -0.669. The van der Waals surface area contributed by atoms with Crippen LogP contribution < -0.4 is 0 Å². The van der Waals surface area contributed by atoms with Gasteiger partial charge < -0.3 is 5.11 Å². The van der Waals surface area contributed by atoms with Crippen molar-refractivity contribution in [1.82, 2.24) is 0 Å². The molecule has 0 unspecified atom stereocenters. The molecule has 0 aromatic rings. The van der Waals surface area contributed by atoms with Gasteiger partial charge in [0.2, 0.25) is 0 Å². The van der Waals surface area contributed by atoms with E-state index in [1.807, 2.05) is 0 Å². The maximum atomic E-state index is 10.7. The molecule has 70 valence electrons. The molecule has 0 heterocycles. The molecule has 0 amide bonds. The van der Waals surface area contributed by atoms with Gasteiger partial charge in [-0.1, -0.05) is 20.3 Å². The normalized spacial score (nSPS) is 36.3. The Morgan fingerprint density at radius 2 is 2.00 bits per heavy atom. The third-order valence-corrected chi connectivity index (χ3v) is 3.40. The Balaban J connectivity index is 2.44. The van der Waals surface area contributed by atoms with Crippen LogP contribution in [-0.2, 0) is 4.79 Å². The van der Waals surface area contributed by atoms with Crippen LogP contribution in [0.3, 0.4) is 0 Å². The average Bonchev–Trinajstić information content (AvgIpc) is 2.05. The average molecular weight is 170 g/mol. The van der Waals surface area contributed by atoms with Crippen molar-refractivity contribution in [3.63, 3.8) is 0 Å². The molecule has 0 radical (unpaired) electrons. The molecule has 0 aromatic carbocycles. The first-order valence-corrected chi connectivity index (χ1v) is 4.80. The highest BCUT2D eigenvalue weighted by Crippen LogP contribution is 2.40. The Labute approximate surface area is 74.0 Å². The molecule has 12 heavy (non-hydrogen) atoms. The molecule has 1 aliphatic carbocycles. The summed E-state index contributed by atoms with van der Waals surface area (Å²) in [6.07, 6.45) is 5.10. The van der Waals surface area contributed by atoms with Gasteiger partial charge in [0.15, 0.2) is 0 Å². The van der Waals surface area contributed by atoms with Crippen LogP contribution in [0.5, 0.6) is 0 Å². The van der Waals surface area contributed by atoms with Crippen LogP contribution in [0.25, 0.3) is 0 Å². The second-order valence-corrected chi connectivity index (χ2v) is 4.28. The van der Waals surface area contributed by atoms with Crippen molar-refractivity contribution in [1.29, 1.82) is 0 Å². The minimum Gasteiger partial charge on any atom is -0.481 e. The third-order valence-electron chi connectivity index (χ3n) is 3.40. The minimum atomic E-state index is -0.604. The van der Waals surface area contributed by atoms with Gasteiger partial charge in [-0.2, -0.15) is 0 Å². The molecule has 2 nitrogen and oxygen atoms in total. The lowest BCUT2D eigenvalue weighted by molar-refractivity contribution is -0.143. The van der Waals surface area contributed by atoms with Crippen LogP contribution in [0.1, 0.15) is 46.0 Å². The molecule has 1 aliphatic rings. The number of carboxylic acids is 1. The highest BCUT2D eigenvalue weighted by molar-refractivity contribution is 5.70. The van der Waals surface area contributed by atoms with Gasteiger partial charge in [-0.25, -0.2) is 0 Å². The maximum Gasteiger partial charge on any atom is 0.306 e. The van der Waals surface area contributed by atoms with E-state index in [0.717, 1.165) is 25.7 Å². The number of hydrogen-bond acceptors (Lipinski definition) is 1. The molecule has 1 rings (SSSR count). The van der Waals surface area contributed by atoms with E-state index in [4.69, 9.17) is 5.11 Å². The van der Waals surface area contributed by atoms with E-state index in [9.17, 15) is 4.79 Å². The smallest absolute Gasteiger partial charge is 0.306 e. The number of aliphatic carboxylic acids is 1. The predicted molar refractivity (Wildman–Crippen MR) is 48.0 cm³/mol. The Morgan fingerprint density at radius 1 is 1.50 bits per heavy atom. The summed E-state index contributed by atoms with van der Waals surface area (Å²) in [5, 5.41) is 8.78. The lowest BCUT2D eigenvalue weighted by atomic mass is 9.70. The third kappa shape index (κ3) is 1.99. The summed E-state index contributed by atoms with van der Waals surface area (Å²) in [6.45, 7) is 4.46. The van der Waals surface area contributed by atoms with Crippen molar-refractivity contribution >= 4 is 5.97 Å². The zero-order chi connectivity index (χ0) is 9.19. The van der Waals surface area contributed by atoms with E-state index in [1.54, 1.807) is 0 Å². The zero-order valence-electron chi connectivity index (χ0n) is 7.97. The molecular weight excluding hydrogens is 152 g/mol.